The van der Waals surface area contributed by atoms with Crippen molar-refractivity contribution in [2.24, 2.45) is 0 Å². The van der Waals surface area contributed by atoms with Gasteiger partial charge in [0.2, 0.25) is 0 Å². The quantitative estimate of drug-likeness (QED) is 0.882. The van der Waals surface area contributed by atoms with Crippen LogP contribution in [0.1, 0.15) is 12.5 Å². The van der Waals surface area contributed by atoms with E-state index in [4.69, 9.17) is 5.26 Å². The summed E-state index contributed by atoms with van der Waals surface area (Å²) < 4.78 is 26.9. The summed E-state index contributed by atoms with van der Waals surface area (Å²) in [6.45, 7) is 2.63. The highest BCUT2D eigenvalue weighted by Crippen LogP contribution is 2.17. The molecule has 0 aliphatic carbocycles. The summed E-state index contributed by atoms with van der Waals surface area (Å²) in [4.78, 5) is 4.09. The van der Waals surface area contributed by atoms with E-state index in [1.165, 1.54) is 18.3 Å². The van der Waals surface area contributed by atoms with Gasteiger partial charge in [0, 0.05) is 12.7 Å². The number of hydrogen-bond donors (Lipinski definition) is 2. The standard InChI is InChI=1S/C14H14N4O2S/c1-2-16-14-7-6-13(10-17-14)21(19,20)18-12-5-3-4-11(8-12)9-15/h3-8,10,18H,2H2,1H3,(H,16,17). The largest absolute Gasteiger partial charge is 0.370 e. The van der Waals surface area contributed by atoms with Crippen LogP contribution in [0.2, 0.25) is 0 Å². The van der Waals surface area contributed by atoms with Crippen molar-refractivity contribution in [3.63, 3.8) is 0 Å². The lowest BCUT2D eigenvalue weighted by molar-refractivity contribution is 0.601. The van der Waals surface area contributed by atoms with Crippen molar-refractivity contribution < 1.29 is 8.42 Å². The second-order valence-corrected chi connectivity index (χ2v) is 5.89. The minimum atomic E-state index is -3.72. The molecule has 0 amide bonds. The van der Waals surface area contributed by atoms with Crippen LogP contribution < -0.4 is 10.0 Å². The van der Waals surface area contributed by atoms with Crippen LogP contribution in [0, 0.1) is 11.3 Å². The third kappa shape index (κ3) is 3.70. The Bertz CT molecular complexity index is 764. The normalized spacial score (nSPS) is 10.7. The molecule has 2 aromatic rings. The lowest BCUT2D eigenvalue weighted by atomic mass is 10.2. The molecule has 0 bridgehead atoms. The van der Waals surface area contributed by atoms with Crippen molar-refractivity contribution in [1.82, 2.24) is 4.98 Å². The zero-order valence-electron chi connectivity index (χ0n) is 11.4. The Balaban J connectivity index is 2.23. The van der Waals surface area contributed by atoms with Crippen LogP contribution in [0.15, 0.2) is 47.5 Å². The first-order valence-corrected chi connectivity index (χ1v) is 7.76. The van der Waals surface area contributed by atoms with Gasteiger partial charge >= 0.3 is 0 Å². The maximum atomic E-state index is 12.2. The molecule has 0 aliphatic heterocycles. The molecule has 2 N–H and O–H groups in total. The summed E-state index contributed by atoms with van der Waals surface area (Å²) in [6, 6.07) is 11.3. The van der Waals surface area contributed by atoms with Crippen molar-refractivity contribution >= 4 is 21.5 Å². The molecule has 0 fully saturated rings. The summed E-state index contributed by atoms with van der Waals surface area (Å²) in [5.74, 6) is 0.614. The van der Waals surface area contributed by atoms with E-state index in [0.29, 0.717) is 23.6 Å². The highest BCUT2D eigenvalue weighted by molar-refractivity contribution is 7.92. The van der Waals surface area contributed by atoms with Gasteiger partial charge in [-0.05, 0) is 37.3 Å². The predicted octanol–water partition coefficient (Wildman–Crippen LogP) is 2.19. The number of pyridine rings is 1. The number of nitrogens with zero attached hydrogens (tertiary/aromatic N) is 2. The monoisotopic (exact) mass is 302 g/mol. The molecule has 1 heterocycles. The number of nitriles is 1. The Morgan fingerprint density at radius 1 is 1.29 bits per heavy atom. The third-order valence-electron chi connectivity index (χ3n) is 2.65. The van der Waals surface area contributed by atoms with Crippen molar-refractivity contribution in [2.75, 3.05) is 16.6 Å². The molecule has 108 valence electrons. The smallest absolute Gasteiger partial charge is 0.263 e. The molecule has 1 aromatic heterocycles. The Labute approximate surface area is 123 Å². The number of nitrogens with one attached hydrogen (secondary N) is 2. The van der Waals surface area contributed by atoms with E-state index in [-0.39, 0.29) is 4.90 Å². The third-order valence-corrected chi connectivity index (χ3v) is 4.01. The van der Waals surface area contributed by atoms with Gasteiger partial charge in [-0.1, -0.05) is 6.07 Å². The average molecular weight is 302 g/mol. The number of rotatable bonds is 5. The van der Waals surface area contributed by atoms with Gasteiger partial charge in [0.1, 0.15) is 10.7 Å². The van der Waals surface area contributed by atoms with Crippen LogP contribution in [0.3, 0.4) is 0 Å². The zero-order chi connectivity index (χ0) is 15.3. The van der Waals surface area contributed by atoms with Crippen LogP contribution in [0.4, 0.5) is 11.5 Å². The number of sulfonamides is 1. The topological polar surface area (TPSA) is 94.9 Å². The molecule has 0 radical (unpaired) electrons. The molecule has 0 spiro atoms. The van der Waals surface area contributed by atoms with Crippen molar-refractivity contribution in [2.45, 2.75) is 11.8 Å². The van der Waals surface area contributed by atoms with Gasteiger partial charge < -0.3 is 5.32 Å². The second-order valence-electron chi connectivity index (χ2n) is 4.21. The molecule has 0 saturated heterocycles. The van der Waals surface area contributed by atoms with Gasteiger partial charge in [0.05, 0.1) is 17.3 Å². The van der Waals surface area contributed by atoms with Crippen LogP contribution in [-0.2, 0) is 10.0 Å². The van der Waals surface area contributed by atoms with Crippen LogP contribution in [-0.4, -0.2) is 19.9 Å². The minimum Gasteiger partial charge on any atom is -0.370 e. The molecule has 0 aliphatic rings. The first-order chi connectivity index (χ1) is 10.0. The van der Waals surface area contributed by atoms with Gasteiger partial charge in [-0.3, -0.25) is 4.72 Å². The van der Waals surface area contributed by atoms with Crippen molar-refractivity contribution in [1.29, 1.82) is 5.26 Å². The Hall–Kier alpha value is -2.59. The molecule has 1 aromatic carbocycles. The van der Waals surface area contributed by atoms with E-state index in [2.05, 4.69) is 15.0 Å². The molecular weight excluding hydrogens is 288 g/mol. The van der Waals surface area contributed by atoms with Gasteiger partial charge in [-0.25, -0.2) is 13.4 Å². The number of anilines is 2. The second kappa shape index (κ2) is 6.24. The molecule has 0 unspecified atom stereocenters. The molecule has 7 heteroatoms. The Morgan fingerprint density at radius 2 is 2.10 bits per heavy atom. The van der Waals surface area contributed by atoms with E-state index in [9.17, 15) is 8.42 Å². The Morgan fingerprint density at radius 3 is 2.71 bits per heavy atom. The summed E-state index contributed by atoms with van der Waals surface area (Å²) in [5, 5.41) is 11.8. The fraction of sp³-hybridized carbons (Fsp3) is 0.143. The number of benzene rings is 1. The van der Waals surface area contributed by atoms with Gasteiger partial charge in [-0.2, -0.15) is 5.26 Å². The molecule has 21 heavy (non-hydrogen) atoms. The highest BCUT2D eigenvalue weighted by atomic mass is 32.2. The fourth-order valence-electron chi connectivity index (χ4n) is 1.69. The molecule has 6 nitrogen and oxygen atoms in total. The number of aromatic nitrogens is 1. The lowest BCUT2D eigenvalue weighted by Crippen LogP contribution is -2.13. The maximum Gasteiger partial charge on any atom is 0.263 e. The first kappa shape index (κ1) is 14.8. The zero-order valence-corrected chi connectivity index (χ0v) is 12.2. The van der Waals surface area contributed by atoms with Gasteiger partial charge in [-0.15, -0.1) is 0 Å². The molecule has 0 saturated carbocycles. The minimum absolute atomic E-state index is 0.0616. The van der Waals surface area contributed by atoms with E-state index in [1.54, 1.807) is 24.3 Å². The molecular formula is C14H14N4O2S. The van der Waals surface area contributed by atoms with Gasteiger partial charge in [0.15, 0.2) is 0 Å². The summed E-state index contributed by atoms with van der Waals surface area (Å²) in [6.07, 6.45) is 1.29. The highest BCUT2D eigenvalue weighted by Gasteiger charge is 2.14. The lowest BCUT2D eigenvalue weighted by Gasteiger charge is -2.09. The maximum absolute atomic E-state index is 12.2. The van der Waals surface area contributed by atoms with E-state index in [1.807, 2.05) is 13.0 Å². The SMILES string of the molecule is CCNc1ccc(S(=O)(=O)Nc2cccc(C#N)c2)cn1. The summed E-state index contributed by atoms with van der Waals surface area (Å²) in [5.41, 5.74) is 0.723. The number of hydrogen-bond acceptors (Lipinski definition) is 5. The average Bonchev–Trinajstić information content (AvgIpc) is 2.48. The van der Waals surface area contributed by atoms with Crippen LogP contribution >= 0.6 is 0 Å². The van der Waals surface area contributed by atoms with E-state index < -0.39 is 10.0 Å². The Kier molecular flexibility index (Phi) is 4.40. The molecule has 2 rings (SSSR count). The van der Waals surface area contributed by atoms with Crippen LogP contribution in [0.25, 0.3) is 0 Å². The first-order valence-electron chi connectivity index (χ1n) is 6.28. The van der Waals surface area contributed by atoms with E-state index in [0.717, 1.165) is 0 Å². The van der Waals surface area contributed by atoms with Gasteiger partial charge in [0.25, 0.3) is 10.0 Å². The molecule has 0 atom stereocenters. The van der Waals surface area contributed by atoms with Crippen LogP contribution in [0.5, 0.6) is 0 Å². The van der Waals surface area contributed by atoms with E-state index >= 15 is 0 Å². The fourth-order valence-corrected chi connectivity index (χ4v) is 2.69. The summed E-state index contributed by atoms with van der Waals surface area (Å²) in [7, 11) is -3.72. The predicted molar refractivity (Wildman–Crippen MR) is 80.4 cm³/mol. The van der Waals surface area contributed by atoms with Crippen molar-refractivity contribution in [3.05, 3.63) is 48.2 Å². The summed E-state index contributed by atoms with van der Waals surface area (Å²) >= 11 is 0. The van der Waals surface area contributed by atoms with Crippen molar-refractivity contribution in [3.8, 4) is 6.07 Å².